The Morgan fingerprint density at radius 1 is 0.800 bits per heavy atom. The molecule has 2 aromatic heterocycles. The van der Waals surface area contributed by atoms with Crippen LogP contribution in [0, 0.1) is 0 Å². The number of allylic oxidation sites excluding steroid dienone is 2. The fourth-order valence-electron chi connectivity index (χ4n) is 5.66. The zero-order chi connectivity index (χ0) is 28.0. The second-order valence-corrected chi connectivity index (χ2v) is 12.2. The molecule has 0 saturated heterocycles. The zero-order valence-corrected chi connectivity index (χ0v) is 25.0. The van der Waals surface area contributed by atoms with Crippen molar-refractivity contribution in [3.63, 3.8) is 0 Å². The van der Waals surface area contributed by atoms with Crippen molar-refractivity contribution in [3.8, 4) is 28.2 Å². The van der Waals surface area contributed by atoms with Gasteiger partial charge in [-0.25, -0.2) is 4.98 Å². The Labute approximate surface area is 241 Å². The van der Waals surface area contributed by atoms with Crippen LogP contribution in [0.3, 0.4) is 0 Å². The van der Waals surface area contributed by atoms with Gasteiger partial charge in [-0.15, -0.1) is 11.3 Å². The van der Waals surface area contributed by atoms with Crippen LogP contribution in [0.5, 0.6) is 0 Å². The zero-order valence-electron chi connectivity index (χ0n) is 24.2. The summed E-state index contributed by atoms with van der Waals surface area (Å²) < 4.78 is 3.74. The molecule has 0 radical (unpaired) electrons. The summed E-state index contributed by atoms with van der Waals surface area (Å²) >= 11 is 1.80. The average molecular weight is 541 g/mol. The third kappa shape index (κ3) is 4.49. The van der Waals surface area contributed by atoms with Gasteiger partial charge in [0.05, 0.1) is 16.7 Å². The van der Waals surface area contributed by atoms with Crippen LogP contribution in [0.4, 0.5) is 0 Å². The van der Waals surface area contributed by atoms with E-state index in [1.165, 1.54) is 54.7 Å². The van der Waals surface area contributed by atoms with Crippen LogP contribution >= 0.6 is 11.3 Å². The van der Waals surface area contributed by atoms with Gasteiger partial charge in [-0.05, 0) is 95.5 Å². The van der Waals surface area contributed by atoms with Crippen molar-refractivity contribution in [2.75, 3.05) is 0 Å². The maximum atomic E-state index is 5.31. The maximum absolute atomic E-state index is 5.31. The summed E-state index contributed by atoms with van der Waals surface area (Å²) in [5.74, 6) is 1.70. The van der Waals surface area contributed by atoms with E-state index in [1.54, 1.807) is 11.3 Å². The molecule has 4 aromatic carbocycles. The third-order valence-corrected chi connectivity index (χ3v) is 8.97. The molecule has 40 heavy (non-hydrogen) atoms. The molecule has 0 bridgehead atoms. The molecular weight excluding hydrogens is 504 g/mol. The van der Waals surface area contributed by atoms with Crippen LogP contribution in [-0.2, 0) is 0 Å². The Hall–Kier alpha value is -3.95. The quantitative estimate of drug-likeness (QED) is 0.205. The molecule has 2 heterocycles. The summed E-state index contributed by atoms with van der Waals surface area (Å²) in [6.45, 7) is 13.5. The molecule has 200 valence electrons. The first-order chi connectivity index (χ1) is 19.4. The number of aromatic nitrogens is 2. The summed E-state index contributed by atoms with van der Waals surface area (Å²) in [7, 11) is 0. The molecule has 2 nitrogen and oxygen atoms in total. The highest BCUT2D eigenvalue weighted by Gasteiger charge is 2.24. The molecule has 0 aliphatic heterocycles. The van der Waals surface area contributed by atoms with E-state index in [9.17, 15) is 0 Å². The Morgan fingerprint density at radius 2 is 1.48 bits per heavy atom. The lowest BCUT2D eigenvalue weighted by Crippen LogP contribution is -2.09. The first-order valence-corrected chi connectivity index (χ1v) is 15.1. The first-order valence-electron chi connectivity index (χ1n) is 14.2. The first kappa shape index (κ1) is 26.3. The summed E-state index contributed by atoms with van der Waals surface area (Å²) in [4.78, 5) is 5.31. The van der Waals surface area contributed by atoms with Gasteiger partial charge in [-0.3, -0.25) is 4.57 Å². The molecule has 0 saturated carbocycles. The van der Waals surface area contributed by atoms with Gasteiger partial charge in [0.25, 0.3) is 0 Å². The summed E-state index contributed by atoms with van der Waals surface area (Å²) in [6.07, 6.45) is 2.18. The Balaban J connectivity index is 1.70. The smallest absolute Gasteiger partial charge is 0.147 e. The van der Waals surface area contributed by atoms with Gasteiger partial charge in [0, 0.05) is 21.0 Å². The van der Waals surface area contributed by atoms with Crippen molar-refractivity contribution in [1.29, 1.82) is 0 Å². The molecule has 0 aliphatic rings. The SMILES string of the molecule is C/C=C(/C)c1ccc2scc(-c3nc4ccccc4n3-c3c(C(C)C)cc(-c4ccccc4)cc3C(C)C)c2c1. The number of hydrogen-bond acceptors (Lipinski definition) is 2. The van der Waals surface area contributed by atoms with Crippen molar-refractivity contribution >= 4 is 38.0 Å². The molecule has 0 fully saturated rings. The number of nitrogens with zero attached hydrogens (tertiary/aromatic N) is 2. The topological polar surface area (TPSA) is 17.8 Å². The van der Waals surface area contributed by atoms with Crippen LogP contribution in [0.25, 0.3) is 54.9 Å². The highest BCUT2D eigenvalue weighted by molar-refractivity contribution is 7.17. The van der Waals surface area contributed by atoms with E-state index in [2.05, 4.69) is 142 Å². The van der Waals surface area contributed by atoms with Crippen LogP contribution in [0.1, 0.15) is 70.1 Å². The lowest BCUT2D eigenvalue weighted by Gasteiger charge is -2.24. The Bertz CT molecular complexity index is 1840. The number of rotatable bonds is 6. The van der Waals surface area contributed by atoms with Crippen molar-refractivity contribution in [1.82, 2.24) is 9.55 Å². The minimum atomic E-state index is 0.341. The number of imidazole rings is 1. The largest absolute Gasteiger partial charge is 0.292 e. The van der Waals surface area contributed by atoms with Crippen LogP contribution in [-0.4, -0.2) is 9.55 Å². The maximum Gasteiger partial charge on any atom is 0.147 e. The summed E-state index contributed by atoms with van der Waals surface area (Å²) in [5, 5.41) is 3.55. The Morgan fingerprint density at radius 3 is 2.15 bits per heavy atom. The van der Waals surface area contributed by atoms with Crippen molar-refractivity contribution in [3.05, 3.63) is 113 Å². The van der Waals surface area contributed by atoms with Gasteiger partial charge in [-0.1, -0.05) is 82.3 Å². The Kier molecular flexibility index (Phi) is 6.93. The fraction of sp³-hybridized carbons (Fsp3) is 0.216. The highest BCUT2D eigenvalue weighted by Crippen LogP contribution is 2.42. The molecule has 3 heteroatoms. The van der Waals surface area contributed by atoms with E-state index in [-0.39, 0.29) is 0 Å². The lowest BCUT2D eigenvalue weighted by molar-refractivity contribution is 0.812. The minimum Gasteiger partial charge on any atom is -0.292 e. The van der Waals surface area contributed by atoms with E-state index in [0.717, 1.165) is 16.9 Å². The third-order valence-electron chi connectivity index (χ3n) is 8.01. The van der Waals surface area contributed by atoms with Crippen molar-refractivity contribution < 1.29 is 0 Å². The molecule has 0 spiro atoms. The second kappa shape index (κ2) is 10.6. The number of hydrogen-bond donors (Lipinski definition) is 0. The van der Waals surface area contributed by atoms with Gasteiger partial charge in [-0.2, -0.15) is 0 Å². The van der Waals surface area contributed by atoms with Crippen LogP contribution in [0.2, 0.25) is 0 Å². The van der Waals surface area contributed by atoms with E-state index in [1.807, 2.05) is 0 Å². The molecule has 0 aliphatic carbocycles. The molecule has 0 unspecified atom stereocenters. The lowest BCUT2D eigenvalue weighted by atomic mass is 9.88. The van der Waals surface area contributed by atoms with Gasteiger partial charge in [0.2, 0.25) is 0 Å². The fourth-order valence-corrected chi connectivity index (χ4v) is 6.58. The van der Waals surface area contributed by atoms with E-state index in [0.29, 0.717) is 11.8 Å². The summed E-state index contributed by atoms with van der Waals surface area (Å²) in [5.41, 5.74) is 12.4. The predicted octanol–water partition coefficient (Wildman–Crippen LogP) is 11.2. The minimum absolute atomic E-state index is 0.341. The average Bonchev–Trinajstić information content (AvgIpc) is 3.57. The molecule has 0 atom stereocenters. The highest BCUT2D eigenvalue weighted by atomic mass is 32.1. The normalized spacial score (nSPS) is 12.3. The van der Waals surface area contributed by atoms with Gasteiger partial charge in [0.15, 0.2) is 0 Å². The number of thiophene rings is 1. The number of para-hydroxylation sites is 2. The molecular formula is C37H36N2S. The molecule has 6 rings (SSSR count). The molecule has 6 aromatic rings. The van der Waals surface area contributed by atoms with Gasteiger partial charge < -0.3 is 0 Å². The van der Waals surface area contributed by atoms with E-state index < -0.39 is 0 Å². The van der Waals surface area contributed by atoms with E-state index >= 15 is 0 Å². The van der Waals surface area contributed by atoms with Crippen LogP contribution < -0.4 is 0 Å². The van der Waals surface area contributed by atoms with Gasteiger partial charge in [0.1, 0.15) is 5.82 Å². The monoisotopic (exact) mass is 540 g/mol. The number of benzene rings is 4. The molecule has 0 amide bonds. The molecule has 0 N–H and O–H groups in total. The standard InChI is InChI=1S/C37H36N2S/c1-7-25(6)27-17-18-35-31(19-27)32(22-40-35)37-38-33-15-11-12-16-34(33)39(37)36-29(23(2)3)20-28(21-30(36)24(4)5)26-13-9-8-10-14-26/h7-24H,1-6H3/b25-7-. The number of fused-ring (bicyclic) bond motifs is 2. The van der Waals surface area contributed by atoms with Crippen molar-refractivity contribution in [2.45, 2.75) is 53.4 Å². The van der Waals surface area contributed by atoms with E-state index in [4.69, 9.17) is 4.98 Å². The van der Waals surface area contributed by atoms with Gasteiger partial charge >= 0.3 is 0 Å². The summed E-state index contributed by atoms with van der Waals surface area (Å²) in [6, 6.07) is 31.0. The second-order valence-electron chi connectivity index (χ2n) is 11.3. The van der Waals surface area contributed by atoms with Crippen molar-refractivity contribution in [2.24, 2.45) is 0 Å². The van der Waals surface area contributed by atoms with Crippen LogP contribution in [0.15, 0.2) is 96.4 Å². The predicted molar refractivity (Wildman–Crippen MR) is 175 cm³/mol.